The number of hydrogen-bond acceptors (Lipinski definition) is 3. The second-order valence-electron chi connectivity index (χ2n) is 5.01. The number of fused-ring (bicyclic) bond motifs is 1. The number of sulfone groups is 1. The second-order valence-corrected chi connectivity index (χ2v) is 7.24. The molecule has 0 aliphatic carbocycles. The summed E-state index contributed by atoms with van der Waals surface area (Å²) in [7, 11) is -2.79. The molecule has 1 atom stereocenters. The highest BCUT2D eigenvalue weighted by Gasteiger charge is 2.31. The summed E-state index contributed by atoms with van der Waals surface area (Å²) in [5, 5.41) is 3.36. The summed E-state index contributed by atoms with van der Waals surface area (Å²) in [6.45, 7) is 1.92. The lowest BCUT2D eigenvalue weighted by Gasteiger charge is -2.22. The Hall–Kier alpha value is -0.870. The average molecular weight is 251 g/mol. The molecule has 0 saturated carbocycles. The Kier molecular flexibility index (Phi) is 2.71. The molecule has 1 N–H and O–H groups in total. The topological polar surface area (TPSA) is 46.2 Å². The van der Waals surface area contributed by atoms with Crippen LogP contribution in [0.3, 0.4) is 0 Å². The van der Waals surface area contributed by atoms with Gasteiger partial charge in [-0.3, -0.25) is 0 Å². The fourth-order valence-corrected chi connectivity index (χ4v) is 4.75. The molecule has 0 aromatic heterocycles. The van der Waals surface area contributed by atoms with Gasteiger partial charge in [0.2, 0.25) is 0 Å². The molecule has 0 spiro atoms. The van der Waals surface area contributed by atoms with Crippen molar-refractivity contribution in [3.63, 3.8) is 0 Å². The summed E-state index contributed by atoms with van der Waals surface area (Å²) in [5.74, 6) is 0.935. The standard InChI is InChI=1S/C13H17NO2S/c15-17(16)7-5-11(9-17)12-3-1-2-10-8-14-6-4-13(10)12/h1-3,11,14H,4-9H2. The average Bonchev–Trinajstić information content (AvgIpc) is 2.69. The minimum absolute atomic E-state index is 0.230. The summed E-state index contributed by atoms with van der Waals surface area (Å²) in [6.07, 6.45) is 1.83. The third kappa shape index (κ3) is 2.11. The fraction of sp³-hybridized carbons (Fsp3) is 0.538. The lowest BCUT2D eigenvalue weighted by atomic mass is 9.88. The van der Waals surface area contributed by atoms with Crippen LogP contribution in [0.15, 0.2) is 18.2 Å². The van der Waals surface area contributed by atoms with Crippen molar-refractivity contribution in [1.29, 1.82) is 0 Å². The first kappa shape index (κ1) is 11.2. The summed E-state index contributed by atoms with van der Waals surface area (Å²) in [6, 6.07) is 6.33. The highest BCUT2D eigenvalue weighted by Crippen LogP contribution is 2.33. The van der Waals surface area contributed by atoms with Gasteiger partial charge >= 0.3 is 0 Å². The number of hydrogen-bond donors (Lipinski definition) is 1. The fourth-order valence-electron chi connectivity index (χ4n) is 2.98. The molecule has 0 amide bonds. The molecule has 2 heterocycles. The van der Waals surface area contributed by atoms with Crippen molar-refractivity contribution >= 4 is 9.84 Å². The lowest BCUT2D eigenvalue weighted by Crippen LogP contribution is -2.25. The van der Waals surface area contributed by atoms with Crippen LogP contribution in [-0.4, -0.2) is 26.5 Å². The van der Waals surface area contributed by atoms with Crippen molar-refractivity contribution in [3.8, 4) is 0 Å². The molecule has 1 aromatic rings. The van der Waals surface area contributed by atoms with E-state index in [1.807, 2.05) is 0 Å². The van der Waals surface area contributed by atoms with Crippen molar-refractivity contribution in [2.45, 2.75) is 25.3 Å². The Morgan fingerprint density at radius 3 is 2.94 bits per heavy atom. The molecule has 92 valence electrons. The molecule has 17 heavy (non-hydrogen) atoms. The van der Waals surface area contributed by atoms with Gasteiger partial charge in [0.05, 0.1) is 11.5 Å². The molecule has 1 saturated heterocycles. The van der Waals surface area contributed by atoms with Crippen LogP contribution in [-0.2, 0) is 22.8 Å². The van der Waals surface area contributed by atoms with Crippen molar-refractivity contribution in [2.24, 2.45) is 0 Å². The van der Waals surface area contributed by atoms with Crippen LogP contribution in [0.5, 0.6) is 0 Å². The van der Waals surface area contributed by atoms with E-state index in [1.165, 1.54) is 16.7 Å². The van der Waals surface area contributed by atoms with Crippen LogP contribution in [0, 0.1) is 0 Å². The number of rotatable bonds is 1. The minimum Gasteiger partial charge on any atom is -0.312 e. The smallest absolute Gasteiger partial charge is 0.150 e. The van der Waals surface area contributed by atoms with Gasteiger partial charge in [-0.15, -0.1) is 0 Å². The summed E-state index contributed by atoms with van der Waals surface area (Å²) in [4.78, 5) is 0. The Labute approximate surface area is 102 Å². The Morgan fingerprint density at radius 1 is 1.29 bits per heavy atom. The maximum Gasteiger partial charge on any atom is 0.150 e. The monoisotopic (exact) mass is 251 g/mol. The largest absolute Gasteiger partial charge is 0.312 e. The van der Waals surface area contributed by atoms with Gasteiger partial charge in [0, 0.05) is 6.54 Å². The predicted octanol–water partition coefficient (Wildman–Crippen LogP) is 1.23. The van der Waals surface area contributed by atoms with Gasteiger partial charge in [0.1, 0.15) is 0 Å². The molecule has 2 aliphatic heterocycles. The molecule has 1 fully saturated rings. The van der Waals surface area contributed by atoms with Gasteiger partial charge in [-0.25, -0.2) is 8.42 Å². The van der Waals surface area contributed by atoms with E-state index in [4.69, 9.17) is 0 Å². The first-order valence-corrected chi connectivity index (χ1v) is 8.00. The van der Waals surface area contributed by atoms with E-state index in [2.05, 4.69) is 23.5 Å². The second kappa shape index (κ2) is 4.10. The molecular formula is C13H17NO2S. The molecule has 2 aliphatic rings. The van der Waals surface area contributed by atoms with Crippen LogP contribution in [0.4, 0.5) is 0 Å². The number of nitrogens with one attached hydrogen (secondary N) is 1. The lowest BCUT2D eigenvalue weighted by molar-refractivity contribution is 0.601. The van der Waals surface area contributed by atoms with Crippen LogP contribution >= 0.6 is 0 Å². The Bertz CT molecular complexity index is 536. The van der Waals surface area contributed by atoms with Crippen LogP contribution in [0.2, 0.25) is 0 Å². The van der Waals surface area contributed by atoms with Crippen molar-refractivity contribution in [1.82, 2.24) is 5.32 Å². The molecule has 0 radical (unpaired) electrons. The Balaban J connectivity index is 1.98. The zero-order valence-corrected chi connectivity index (χ0v) is 10.6. The molecule has 0 bridgehead atoms. The van der Waals surface area contributed by atoms with Gasteiger partial charge in [-0.1, -0.05) is 18.2 Å². The molecular weight excluding hydrogens is 234 g/mol. The van der Waals surface area contributed by atoms with Gasteiger partial charge < -0.3 is 5.32 Å². The minimum atomic E-state index is -2.79. The SMILES string of the molecule is O=S1(=O)CCC(c2cccc3c2CCNC3)C1. The van der Waals surface area contributed by atoms with Crippen LogP contribution in [0.1, 0.15) is 29.0 Å². The first-order chi connectivity index (χ1) is 8.16. The van der Waals surface area contributed by atoms with Gasteiger partial charge in [0.25, 0.3) is 0 Å². The highest BCUT2D eigenvalue weighted by atomic mass is 32.2. The molecule has 4 heteroatoms. The van der Waals surface area contributed by atoms with E-state index in [0.717, 1.165) is 25.9 Å². The maximum absolute atomic E-state index is 11.6. The van der Waals surface area contributed by atoms with Crippen molar-refractivity contribution in [2.75, 3.05) is 18.1 Å². The van der Waals surface area contributed by atoms with Crippen molar-refractivity contribution in [3.05, 3.63) is 34.9 Å². The quantitative estimate of drug-likeness (QED) is 0.816. The summed E-state index contributed by atoms with van der Waals surface area (Å²) < 4.78 is 23.1. The molecule has 3 nitrogen and oxygen atoms in total. The van der Waals surface area contributed by atoms with Crippen molar-refractivity contribution < 1.29 is 8.42 Å². The van der Waals surface area contributed by atoms with E-state index in [9.17, 15) is 8.42 Å². The number of benzene rings is 1. The normalized spacial score (nSPS) is 26.7. The summed E-state index contributed by atoms with van der Waals surface area (Å²) in [5.41, 5.74) is 4.02. The third-order valence-corrected chi connectivity index (χ3v) is 5.62. The van der Waals surface area contributed by atoms with E-state index in [-0.39, 0.29) is 5.92 Å². The van der Waals surface area contributed by atoms with Gasteiger partial charge in [0.15, 0.2) is 9.84 Å². The Morgan fingerprint density at radius 2 is 2.18 bits per heavy atom. The molecule has 3 rings (SSSR count). The molecule has 1 aromatic carbocycles. The predicted molar refractivity (Wildman–Crippen MR) is 67.9 cm³/mol. The summed E-state index contributed by atoms with van der Waals surface area (Å²) >= 11 is 0. The van der Waals surface area contributed by atoms with E-state index < -0.39 is 9.84 Å². The highest BCUT2D eigenvalue weighted by molar-refractivity contribution is 7.91. The zero-order valence-electron chi connectivity index (χ0n) is 9.78. The third-order valence-electron chi connectivity index (χ3n) is 3.85. The zero-order chi connectivity index (χ0) is 11.9. The molecule has 1 unspecified atom stereocenters. The van der Waals surface area contributed by atoms with Gasteiger partial charge in [-0.05, 0) is 42.0 Å². The van der Waals surface area contributed by atoms with Crippen LogP contribution in [0.25, 0.3) is 0 Å². The van der Waals surface area contributed by atoms with E-state index in [1.54, 1.807) is 0 Å². The maximum atomic E-state index is 11.6. The van der Waals surface area contributed by atoms with E-state index in [0.29, 0.717) is 11.5 Å². The van der Waals surface area contributed by atoms with Crippen LogP contribution < -0.4 is 5.32 Å². The van der Waals surface area contributed by atoms with Gasteiger partial charge in [-0.2, -0.15) is 0 Å². The first-order valence-electron chi connectivity index (χ1n) is 6.17. The van der Waals surface area contributed by atoms with E-state index >= 15 is 0 Å².